The SMILES string of the molecule is CCCCN(CCCC)CCCN1C(=O)C(=O)C(=C(O)c2ccc(C)cc2)[C@H]1c1cccc(F)c1. The number of carbonyl (C=O) groups is 2. The lowest BCUT2D eigenvalue weighted by Gasteiger charge is -2.27. The number of aliphatic hydroxyl groups excluding tert-OH is 1. The first-order valence-electron chi connectivity index (χ1n) is 12.7. The summed E-state index contributed by atoms with van der Waals surface area (Å²) in [5.74, 6) is -2.06. The number of hydrogen-bond acceptors (Lipinski definition) is 4. The van der Waals surface area contributed by atoms with E-state index in [1.807, 2.05) is 19.1 Å². The molecule has 188 valence electrons. The minimum atomic E-state index is -0.827. The molecule has 1 N–H and O–H groups in total. The van der Waals surface area contributed by atoms with E-state index in [9.17, 15) is 19.1 Å². The molecule has 1 fully saturated rings. The molecule has 0 bridgehead atoms. The molecule has 1 aliphatic rings. The molecule has 6 heteroatoms. The summed E-state index contributed by atoms with van der Waals surface area (Å²) >= 11 is 0. The average Bonchev–Trinajstić information content (AvgIpc) is 3.10. The van der Waals surface area contributed by atoms with Crippen LogP contribution < -0.4 is 0 Å². The quantitative estimate of drug-likeness (QED) is 0.235. The highest BCUT2D eigenvalue weighted by atomic mass is 19.1. The zero-order chi connectivity index (χ0) is 25.4. The third-order valence-corrected chi connectivity index (χ3v) is 6.56. The van der Waals surface area contributed by atoms with Gasteiger partial charge in [-0.25, -0.2) is 4.39 Å². The summed E-state index contributed by atoms with van der Waals surface area (Å²) < 4.78 is 14.2. The Kier molecular flexibility index (Phi) is 9.61. The zero-order valence-corrected chi connectivity index (χ0v) is 21.1. The van der Waals surface area contributed by atoms with Gasteiger partial charge in [-0.2, -0.15) is 0 Å². The molecule has 1 atom stereocenters. The lowest BCUT2D eigenvalue weighted by Crippen LogP contribution is -2.34. The third kappa shape index (κ3) is 6.57. The van der Waals surface area contributed by atoms with Crippen molar-refractivity contribution in [3.8, 4) is 0 Å². The molecule has 5 nitrogen and oxygen atoms in total. The number of likely N-dealkylation sites (tertiary alicyclic amines) is 1. The number of ketones is 1. The number of aliphatic hydroxyl groups is 1. The maximum atomic E-state index is 14.2. The summed E-state index contributed by atoms with van der Waals surface area (Å²) in [7, 11) is 0. The molecule has 1 amide bonds. The summed E-state index contributed by atoms with van der Waals surface area (Å²) in [5.41, 5.74) is 1.96. The fourth-order valence-corrected chi connectivity index (χ4v) is 4.56. The van der Waals surface area contributed by atoms with Gasteiger partial charge in [0.2, 0.25) is 0 Å². The Morgan fingerprint density at radius 2 is 1.60 bits per heavy atom. The number of Topliss-reactive ketones (excluding diaryl/α,β-unsaturated/α-hetero) is 1. The van der Waals surface area contributed by atoms with Crippen LogP contribution in [-0.2, 0) is 9.59 Å². The van der Waals surface area contributed by atoms with E-state index in [4.69, 9.17) is 0 Å². The van der Waals surface area contributed by atoms with Gasteiger partial charge in [0.25, 0.3) is 11.7 Å². The molecule has 0 aliphatic carbocycles. The molecule has 0 spiro atoms. The second-order valence-corrected chi connectivity index (χ2v) is 9.32. The van der Waals surface area contributed by atoms with Crippen molar-refractivity contribution in [2.75, 3.05) is 26.2 Å². The van der Waals surface area contributed by atoms with E-state index in [0.717, 1.165) is 50.9 Å². The van der Waals surface area contributed by atoms with Crippen molar-refractivity contribution < 1.29 is 19.1 Å². The summed E-state index contributed by atoms with van der Waals surface area (Å²) in [5, 5.41) is 11.1. The number of aryl methyl sites for hydroxylation is 1. The van der Waals surface area contributed by atoms with Crippen molar-refractivity contribution in [2.45, 2.75) is 58.9 Å². The first kappa shape index (κ1) is 26.6. The fourth-order valence-electron chi connectivity index (χ4n) is 4.56. The summed E-state index contributed by atoms with van der Waals surface area (Å²) in [6.07, 6.45) is 5.17. The fraction of sp³-hybridized carbons (Fsp3) is 0.448. The summed E-state index contributed by atoms with van der Waals surface area (Å²) in [6.45, 7) is 9.46. The van der Waals surface area contributed by atoms with Gasteiger partial charge in [-0.15, -0.1) is 0 Å². The standard InChI is InChI=1S/C29H37FN2O3/c1-4-6-16-31(17-7-5-2)18-9-19-32-26(23-10-8-11-24(30)20-23)25(28(34)29(32)35)27(33)22-14-12-21(3)13-15-22/h8,10-15,20,26,33H,4-7,9,16-19H2,1-3H3/t26-/m1/s1. The maximum Gasteiger partial charge on any atom is 0.295 e. The van der Waals surface area contributed by atoms with E-state index in [0.29, 0.717) is 24.1 Å². The van der Waals surface area contributed by atoms with Crippen LogP contribution in [0.4, 0.5) is 4.39 Å². The smallest absolute Gasteiger partial charge is 0.295 e. The normalized spacial score (nSPS) is 17.5. The predicted octanol–water partition coefficient (Wildman–Crippen LogP) is 5.85. The van der Waals surface area contributed by atoms with Crippen LogP contribution in [0, 0.1) is 12.7 Å². The first-order chi connectivity index (χ1) is 16.9. The molecule has 0 unspecified atom stereocenters. The number of carbonyl (C=O) groups excluding carboxylic acids is 2. The second kappa shape index (κ2) is 12.6. The highest BCUT2D eigenvalue weighted by Gasteiger charge is 2.45. The molecule has 2 aromatic rings. The minimum absolute atomic E-state index is 0.0123. The van der Waals surface area contributed by atoms with Gasteiger partial charge in [-0.1, -0.05) is 68.7 Å². The molecular weight excluding hydrogens is 443 g/mol. The molecule has 0 aromatic heterocycles. The van der Waals surface area contributed by atoms with Crippen molar-refractivity contribution in [3.05, 3.63) is 76.6 Å². The number of nitrogens with zero attached hydrogens (tertiary/aromatic N) is 2. The van der Waals surface area contributed by atoms with Crippen LogP contribution >= 0.6 is 0 Å². The predicted molar refractivity (Wildman–Crippen MR) is 137 cm³/mol. The molecule has 1 heterocycles. The van der Waals surface area contributed by atoms with Crippen molar-refractivity contribution in [1.29, 1.82) is 0 Å². The Morgan fingerprint density at radius 3 is 2.20 bits per heavy atom. The Hall–Kier alpha value is -2.99. The molecule has 1 aliphatic heterocycles. The van der Waals surface area contributed by atoms with Crippen LogP contribution in [0.2, 0.25) is 0 Å². The summed E-state index contributed by atoms with van der Waals surface area (Å²) in [4.78, 5) is 30.2. The highest BCUT2D eigenvalue weighted by Crippen LogP contribution is 2.39. The lowest BCUT2D eigenvalue weighted by atomic mass is 9.95. The molecular formula is C29H37FN2O3. The Morgan fingerprint density at radius 1 is 0.971 bits per heavy atom. The number of rotatable bonds is 12. The third-order valence-electron chi connectivity index (χ3n) is 6.56. The second-order valence-electron chi connectivity index (χ2n) is 9.32. The molecule has 3 rings (SSSR count). The monoisotopic (exact) mass is 480 g/mol. The van der Waals surface area contributed by atoms with E-state index in [2.05, 4.69) is 18.7 Å². The molecule has 0 radical (unpaired) electrons. The van der Waals surface area contributed by atoms with Crippen LogP contribution in [0.15, 0.2) is 54.1 Å². The Bertz CT molecular complexity index is 1040. The lowest BCUT2D eigenvalue weighted by molar-refractivity contribution is -0.140. The maximum absolute atomic E-state index is 14.2. The topological polar surface area (TPSA) is 60.9 Å². The minimum Gasteiger partial charge on any atom is -0.507 e. The first-order valence-corrected chi connectivity index (χ1v) is 12.7. The van der Waals surface area contributed by atoms with Gasteiger partial charge in [0, 0.05) is 12.1 Å². The van der Waals surface area contributed by atoms with Crippen molar-refractivity contribution in [3.63, 3.8) is 0 Å². The molecule has 35 heavy (non-hydrogen) atoms. The van der Waals surface area contributed by atoms with Gasteiger partial charge in [-0.05, 0) is 63.5 Å². The van der Waals surface area contributed by atoms with Crippen LogP contribution in [0.3, 0.4) is 0 Å². The zero-order valence-electron chi connectivity index (χ0n) is 21.1. The van der Waals surface area contributed by atoms with Crippen LogP contribution in [0.5, 0.6) is 0 Å². The largest absolute Gasteiger partial charge is 0.507 e. The molecule has 1 saturated heterocycles. The van der Waals surface area contributed by atoms with Gasteiger partial charge >= 0.3 is 0 Å². The average molecular weight is 481 g/mol. The van der Waals surface area contributed by atoms with Gasteiger partial charge in [0.15, 0.2) is 0 Å². The number of hydrogen-bond donors (Lipinski definition) is 1. The van der Waals surface area contributed by atoms with Gasteiger partial charge in [0.1, 0.15) is 11.6 Å². The van der Waals surface area contributed by atoms with Crippen LogP contribution in [0.25, 0.3) is 5.76 Å². The summed E-state index contributed by atoms with van der Waals surface area (Å²) in [6, 6.07) is 12.2. The highest BCUT2D eigenvalue weighted by molar-refractivity contribution is 6.46. The van der Waals surface area contributed by atoms with Crippen molar-refractivity contribution >= 4 is 17.4 Å². The Labute approximate surface area is 208 Å². The van der Waals surface area contributed by atoms with Crippen molar-refractivity contribution in [1.82, 2.24) is 9.80 Å². The van der Waals surface area contributed by atoms with Gasteiger partial charge in [-0.3, -0.25) is 9.59 Å². The number of unbranched alkanes of at least 4 members (excludes halogenated alkanes) is 2. The molecule has 2 aromatic carbocycles. The number of halogens is 1. The number of amides is 1. The van der Waals surface area contributed by atoms with E-state index in [1.54, 1.807) is 24.3 Å². The van der Waals surface area contributed by atoms with E-state index >= 15 is 0 Å². The Balaban J connectivity index is 1.91. The van der Waals surface area contributed by atoms with Crippen LogP contribution in [-0.4, -0.2) is 52.8 Å². The van der Waals surface area contributed by atoms with Gasteiger partial charge < -0.3 is 14.9 Å². The van der Waals surface area contributed by atoms with E-state index in [1.165, 1.54) is 17.0 Å². The van der Waals surface area contributed by atoms with E-state index in [-0.39, 0.29) is 11.3 Å². The van der Waals surface area contributed by atoms with Gasteiger partial charge in [0.05, 0.1) is 11.6 Å². The number of benzene rings is 2. The van der Waals surface area contributed by atoms with Crippen molar-refractivity contribution in [2.24, 2.45) is 0 Å². The van der Waals surface area contributed by atoms with E-state index < -0.39 is 23.5 Å². The molecule has 0 saturated carbocycles. The van der Waals surface area contributed by atoms with Crippen LogP contribution in [0.1, 0.15) is 68.7 Å².